The normalized spacial score (nSPS) is 22.6. The molecule has 1 heteroatoms. The molecule has 1 saturated carbocycles. The van der Waals surface area contributed by atoms with Crippen molar-refractivity contribution in [1.29, 1.82) is 0 Å². The second-order valence-corrected chi connectivity index (χ2v) is 5.13. The maximum atomic E-state index is 5.65. The van der Waals surface area contributed by atoms with Crippen LogP contribution < -0.4 is 0 Å². The predicted molar refractivity (Wildman–Crippen MR) is 70.7 cm³/mol. The second kappa shape index (κ2) is 7.89. The Hall–Kier alpha value is -0.300. The van der Waals surface area contributed by atoms with Gasteiger partial charge < -0.3 is 4.74 Å². The van der Waals surface area contributed by atoms with Gasteiger partial charge in [0.25, 0.3) is 0 Å². The fourth-order valence-electron chi connectivity index (χ4n) is 2.82. The van der Waals surface area contributed by atoms with Gasteiger partial charge in [0, 0.05) is 13.0 Å². The Kier molecular flexibility index (Phi) is 6.79. The molecule has 0 saturated heterocycles. The van der Waals surface area contributed by atoms with Crippen LogP contribution in [0.5, 0.6) is 0 Å². The number of ether oxygens (including phenoxy) is 1. The molecule has 1 aliphatic carbocycles. The lowest BCUT2D eigenvalue weighted by atomic mass is 9.93. The Morgan fingerprint density at radius 3 is 2.62 bits per heavy atom. The van der Waals surface area contributed by atoms with Crippen LogP contribution in [0.1, 0.15) is 64.7 Å². The van der Waals surface area contributed by atoms with Crippen LogP contribution in [0.15, 0.2) is 12.2 Å². The Labute approximate surface area is 101 Å². The first-order valence-electron chi connectivity index (χ1n) is 7.00. The molecule has 0 aromatic rings. The number of hydrogen-bond acceptors (Lipinski definition) is 1. The molecule has 0 radical (unpaired) electrons. The van der Waals surface area contributed by atoms with Crippen molar-refractivity contribution in [1.82, 2.24) is 0 Å². The van der Waals surface area contributed by atoms with E-state index < -0.39 is 0 Å². The standard InChI is InChI=1S/C15H28O/c1-4-5-6-7-8-12-15(16-3)14-11-9-10-13(14)2/h14-15H,2,4-12H2,1,3H3/t14-,15-/m1/s1. The number of rotatable bonds is 8. The molecule has 16 heavy (non-hydrogen) atoms. The van der Waals surface area contributed by atoms with Crippen LogP contribution in [0.4, 0.5) is 0 Å². The summed E-state index contributed by atoms with van der Waals surface area (Å²) in [6.45, 7) is 6.45. The molecule has 1 nitrogen and oxygen atoms in total. The first-order chi connectivity index (χ1) is 7.79. The van der Waals surface area contributed by atoms with Gasteiger partial charge in [-0.2, -0.15) is 0 Å². The summed E-state index contributed by atoms with van der Waals surface area (Å²) < 4.78 is 5.65. The molecule has 1 fully saturated rings. The molecule has 1 rings (SSSR count). The quantitative estimate of drug-likeness (QED) is 0.428. The van der Waals surface area contributed by atoms with E-state index in [4.69, 9.17) is 4.74 Å². The van der Waals surface area contributed by atoms with Gasteiger partial charge >= 0.3 is 0 Å². The highest BCUT2D eigenvalue weighted by atomic mass is 16.5. The Balaban J connectivity index is 2.18. The predicted octanol–water partition coefficient (Wildman–Crippen LogP) is 4.72. The van der Waals surface area contributed by atoms with E-state index in [9.17, 15) is 0 Å². The van der Waals surface area contributed by atoms with E-state index in [1.54, 1.807) is 0 Å². The lowest BCUT2D eigenvalue weighted by Crippen LogP contribution is -2.21. The smallest absolute Gasteiger partial charge is 0.0636 e. The van der Waals surface area contributed by atoms with Crippen molar-refractivity contribution in [2.45, 2.75) is 70.8 Å². The molecular formula is C15H28O. The number of hydrogen-bond donors (Lipinski definition) is 0. The van der Waals surface area contributed by atoms with Crippen LogP contribution in [0.3, 0.4) is 0 Å². The zero-order valence-corrected chi connectivity index (χ0v) is 11.1. The van der Waals surface area contributed by atoms with Crippen molar-refractivity contribution >= 4 is 0 Å². The molecule has 0 bridgehead atoms. The van der Waals surface area contributed by atoms with Crippen LogP contribution in [0.25, 0.3) is 0 Å². The minimum absolute atomic E-state index is 0.441. The Morgan fingerprint density at radius 2 is 2.06 bits per heavy atom. The summed E-state index contributed by atoms with van der Waals surface area (Å²) >= 11 is 0. The zero-order chi connectivity index (χ0) is 11.8. The fourth-order valence-corrected chi connectivity index (χ4v) is 2.82. The van der Waals surface area contributed by atoms with E-state index in [2.05, 4.69) is 13.5 Å². The summed E-state index contributed by atoms with van der Waals surface area (Å²) in [5.41, 5.74) is 1.43. The minimum atomic E-state index is 0.441. The molecule has 0 amide bonds. The molecule has 0 unspecified atom stereocenters. The molecule has 0 aliphatic heterocycles. The highest BCUT2D eigenvalue weighted by Crippen LogP contribution is 2.35. The third-order valence-corrected chi connectivity index (χ3v) is 3.88. The van der Waals surface area contributed by atoms with Gasteiger partial charge in [0.05, 0.1) is 6.10 Å². The molecular weight excluding hydrogens is 196 g/mol. The van der Waals surface area contributed by atoms with Gasteiger partial charge in [0.15, 0.2) is 0 Å². The van der Waals surface area contributed by atoms with Gasteiger partial charge in [-0.25, -0.2) is 0 Å². The van der Waals surface area contributed by atoms with E-state index in [-0.39, 0.29) is 0 Å². The summed E-state index contributed by atoms with van der Waals surface area (Å²) in [5.74, 6) is 0.649. The zero-order valence-electron chi connectivity index (χ0n) is 11.1. The monoisotopic (exact) mass is 224 g/mol. The van der Waals surface area contributed by atoms with Crippen LogP contribution in [0.2, 0.25) is 0 Å². The van der Waals surface area contributed by atoms with Crippen molar-refractivity contribution in [3.8, 4) is 0 Å². The first-order valence-corrected chi connectivity index (χ1v) is 7.00. The fraction of sp³-hybridized carbons (Fsp3) is 0.867. The van der Waals surface area contributed by atoms with Crippen molar-refractivity contribution in [3.63, 3.8) is 0 Å². The third kappa shape index (κ3) is 4.29. The van der Waals surface area contributed by atoms with E-state index in [0.717, 1.165) is 0 Å². The maximum Gasteiger partial charge on any atom is 0.0636 e. The van der Waals surface area contributed by atoms with Crippen molar-refractivity contribution in [3.05, 3.63) is 12.2 Å². The number of methoxy groups -OCH3 is 1. The van der Waals surface area contributed by atoms with Crippen molar-refractivity contribution in [2.24, 2.45) is 5.92 Å². The maximum absolute atomic E-state index is 5.65. The van der Waals surface area contributed by atoms with Crippen molar-refractivity contribution < 1.29 is 4.74 Å². The van der Waals surface area contributed by atoms with Crippen LogP contribution in [-0.4, -0.2) is 13.2 Å². The largest absolute Gasteiger partial charge is 0.381 e. The Morgan fingerprint density at radius 1 is 1.31 bits per heavy atom. The van der Waals surface area contributed by atoms with Crippen LogP contribution in [0, 0.1) is 5.92 Å². The van der Waals surface area contributed by atoms with Crippen LogP contribution >= 0.6 is 0 Å². The highest BCUT2D eigenvalue weighted by Gasteiger charge is 2.27. The van der Waals surface area contributed by atoms with E-state index in [0.29, 0.717) is 12.0 Å². The average Bonchev–Trinajstić information content (AvgIpc) is 2.70. The topological polar surface area (TPSA) is 9.23 Å². The molecule has 94 valence electrons. The molecule has 0 heterocycles. The van der Waals surface area contributed by atoms with E-state index in [1.807, 2.05) is 7.11 Å². The van der Waals surface area contributed by atoms with Gasteiger partial charge in [-0.15, -0.1) is 0 Å². The summed E-state index contributed by atoms with van der Waals surface area (Å²) in [5, 5.41) is 0. The summed E-state index contributed by atoms with van der Waals surface area (Å²) in [7, 11) is 1.86. The number of unbranched alkanes of at least 4 members (excludes halogenated alkanes) is 4. The summed E-state index contributed by atoms with van der Waals surface area (Å²) in [6.07, 6.45) is 12.3. The molecule has 0 N–H and O–H groups in total. The van der Waals surface area contributed by atoms with Gasteiger partial charge in [0.2, 0.25) is 0 Å². The molecule has 0 aromatic carbocycles. The molecule has 0 aromatic heterocycles. The van der Waals surface area contributed by atoms with E-state index in [1.165, 1.54) is 63.4 Å². The lowest BCUT2D eigenvalue weighted by molar-refractivity contribution is 0.0577. The highest BCUT2D eigenvalue weighted by molar-refractivity contribution is 5.08. The SMILES string of the molecule is C=C1CCC[C@H]1[C@@H](CCCCCCC)OC. The van der Waals surface area contributed by atoms with Crippen LogP contribution in [-0.2, 0) is 4.74 Å². The van der Waals surface area contributed by atoms with Gasteiger partial charge in [0.1, 0.15) is 0 Å². The average molecular weight is 224 g/mol. The van der Waals surface area contributed by atoms with Gasteiger partial charge in [-0.1, -0.05) is 51.2 Å². The Bertz CT molecular complexity index is 198. The first kappa shape index (κ1) is 13.8. The molecule has 2 atom stereocenters. The third-order valence-electron chi connectivity index (χ3n) is 3.88. The summed E-state index contributed by atoms with van der Waals surface area (Å²) in [6, 6.07) is 0. The second-order valence-electron chi connectivity index (χ2n) is 5.13. The van der Waals surface area contributed by atoms with Gasteiger partial charge in [-0.3, -0.25) is 0 Å². The van der Waals surface area contributed by atoms with E-state index >= 15 is 0 Å². The molecule has 1 aliphatic rings. The minimum Gasteiger partial charge on any atom is -0.381 e. The lowest BCUT2D eigenvalue weighted by Gasteiger charge is -2.23. The van der Waals surface area contributed by atoms with Gasteiger partial charge in [-0.05, 0) is 25.7 Å². The summed E-state index contributed by atoms with van der Waals surface area (Å²) in [4.78, 5) is 0. The molecule has 0 spiro atoms. The van der Waals surface area contributed by atoms with Crippen molar-refractivity contribution in [2.75, 3.05) is 7.11 Å².